The Balaban J connectivity index is 1.76. The van der Waals surface area contributed by atoms with Crippen molar-refractivity contribution >= 4 is 27.3 Å². The van der Waals surface area contributed by atoms with Gasteiger partial charge in [0.2, 0.25) is 0 Å². The quantitative estimate of drug-likeness (QED) is 0.282. The van der Waals surface area contributed by atoms with E-state index < -0.39 is 0 Å². The first kappa shape index (κ1) is 24.3. The molecule has 176 valence electrons. The zero-order chi connectivity index (χ0) is 24.6. The third-order valence-corrected chi connectivity index (χ3v) is 7.18. The lowest BCUT2D eigenvalue weighted by atomic mass is 10.1. The Morgan fingerprint density at radius 2 is 1.79 bits per heavy atom. The fourth-order valence-corrected chi connectivity index (χ4v) is 4.80. The highest BCUT2D eigenvalue weighted by atomic mass is 79.9. The van der Waals surface area contributed by atoms with Gasteiger partial charge in [0.25, 0.3) is 5.56 Å². The van der Waals surface area contributed by atoms with Crippen molar-refractivity contribution in [1.29, 1.82) is 0 Å². The molecular formula is C26H27BrN4O2S. The topological polar surface area (TPSA) is 69.9 Å². The van der Waals surface area contributed by atoms with Gasteiger partial charge in [0.1, 0.15) is 22.7 Å². The minimum absolute atomic E-state index is 0.181. The van der Waals surface area contributed by atoms with Crippen LogP contribution < -0.4 is 10.3 Å². The number of thiophene rings is 1. The van der Waals surface area contributed by atoms with E-state index in [2.05, 4.69) is 58.1 Å². The molecular weight excluding hydrogens is 512 g/mol. The molecule has 4 rings (SSSR count). The second-order valence-electron chi connectivity index (χ2n) is 8.73. The van der Waals surface area contributed by atoms with Crippen LogP contribution in [0.4, 0.5) is 0 Å². The second kappa shape index (κ2) is 9.80. The van der Waals surface area contributed by atoms with Crippen molar-refractivity contribution in [2.24, 2.45) is 0 Å². The molecule has 0 bridgehead atoms. The van der Waals surface area contributed by atoms with Crippen LogP contribution in [0.3, 0.4) is 0 Å². The van der Waals surface area contributed by atoms with E-state index in [0.717, 1.165) is 39.6 Å². The predicted molar refractivity (Wildman–Crippen MR) is 140 cm³/mol. The van der Waals surface area contributed by atoms with E-state index in [-0.39, 0.29) is 11.5 Å². The third kappa shape index (κ3) is 4.83. The lowest BCUT2D eigenvalue weighted by Gasteiger charge is -2.17. The third-order valence-electron chi connectivity index (χ3n) is 5.54. The first-order chi connectivity index (χ1) is 16.2. The van der Waals surface area contributed by atoms with E-state index in [4.69, 9.17) is 9.72 Å². The summed E-state index contributed by atoms with van der Waals surface area (Å²) in [5, 5.41) is 2.07. The fraction of sp³-hybridized carbons (Fsp3) is 0.308. The lowest BCUT2D eigenvalue weighted by molar-refractivity contribution is 0.303. The minimum Gasteiger partial charge on any atom is -0.487 e. The van der Waals surface area contributed by atoms with E-state index >= 15 is 0 Å². The molecule has 0 atom stereocenters. The first-order valence-electron chi connectivity index (χ1n) is 11.1. The number of hydrogen-bond donors (Lipinski definition) is 0. The smallest absolute Gasteiger partial charge is 0.273 e. The Morgan fingerprint density at radius 3 is 2.47 bits per heavy atom. The molecule has 0 aliphatic heterocycles. The Bertz CT molecular complexity index is 1430. The molecule has 0 spiro atoms. The van der Waals surface area contributed by atoms with Gasteiger partial charge in [-0.2, -0.15) is 0 Å². The van der Waals surface area contributed by atoms with Gasteiger partial charge in [-0.05, 0) is 72.3 Å². The molecule has 0 aliphatic carbocycles. The number of rotatable bonds is 6. The summed E-state index contributed by atoms with van der Waals surface area (Å²) in [6, 6.07) is 5.90. The van der Waals surface area contributed by atoms with Crippen LogP contribution in [0.25, 0.3) is 17.1 Å². The Kier molecular flexibility index (Phi) is 7.00. The summed E-state index contributed by atoms with van der Waals surface area (Å²) >= 11 is 5.16. The van der Waals surface area contributed by atoms with Crippen LogP contribution in [-0.2, 0) is 6.61 Å². The van der Waals surface area contributed by atoms with Crippen LogP contribution >= 0.6 is 27.3 Å². The van der Waals surface area contributed by atoms with Gasteiger partial charge >= 0.3 is 0 Å². The number of aromatic nitrogens is 4. The van der Waals surface area contributed by atoms with Gasteiger partial charge in [-0.1, -0.05) is 13.8 Å². The maximum Gasteiger partial charge on any atom is 0.273 e. The molecule has 0 radical (unpaired) electrons. The number of pyridine rings is 2. The van der Waals surface area contributed by atoms with E-state index in [0.29, 0.717) is 22.5 Å². The molecule has 4 aromatic rings. The summed E-state index contributed by atoms with van der Waals surface area (Å²) in [6.45, 7) is 12.4. The molecule has 0 saturated carbocycles. The zero-order valence-electron chi connectivity index (χ0n) is 20.1. The molecule has 6 nitrogen and oxygen atoms in total. The van der Waals surface area contributed by atoms with E-state index in [1.807, 2.05) is 39.1 Å². The molecule has 0 fully saturated rings. The van der Waals surface area contributed by atoms with Crippen molar-refractivity contribution in [3.05, 3.63) is 83.9 Å². The number of aryl methyl sites for hydroxylation is 4. The van der Waals surface area contributed by atoms with Crippen LogP contribution in [0, 0.1) is 27.7 Å². The number of hydrogen-bond acceptors (Lipinski definition) is 6. The molecule has 0 amide bonds. The van der Waals surface area contributed by atoms with Gasteiger partial charge in [0.05, 0.1) is 17.1 Å². The molecule has 0 aromatic carbocycles. The fourth-order valence-electron chi connectivity index (χ4n) is 3.70. The van der Waals surface area contributed by atoms with Gasteiger partial charge in [-0.15, -0.1) is 11.3 Å². The van der Waals surface area contributed by atoms with Crippen molar-refractivity contribution < 1.29 is 4.74 Å². The van der Waals surface area contributed by atoms with Crippen LogP contribution in [0.2, 0.25) is 0 Å². The molecule has 8 heteroatoms. The van der Waals surface area contributed by atoms with E-state index in [1.165, 1.54) is 4.88 Å². The normalized spacial score (nSPS) is 11.3. The standard InChI is InChI=1S/C26H27BrN4O2S/c1-14(2)25-29-11-16(4)24(30-25)20-9-21(15(3)10-28-20)31-17(5)7-22(23(27)26(31)32)33-12-19-8-18(6)34-13-19/h7-11,13-14H,12H2,1-6H3. The van der Waals surface area contributed by atoms with Gasteiger partial charge in [0, 0.05) is 40.5 Å². The summed E-state index contributed by atoms with van der Waals surface area (Å²) in [4.78, 5) is 28.5. The van der Waals surface area contributed by atoms with E-state index in [9.17, 15) is 4.79 Å². The summed E-state index contributed by atoms with van der Waals surface area (Å²) in [6.07, 6.45) is 3.61. The van der Waals surface area contributed by atoms with Gasteiger partial charge in [-0.25, -0.2) is 9.97 Å². The van der Waals surface area contributed by atoms with Crippen LogP contribution in [0.5, 0.6) is 5.75 Å². The van der Waals surface area contributed by atoms with Crippen LogP contribution in [0.1, 0.15) is 52.9 Å². The molecule has 0 saturated heterocycles. The zero-order valence-corrected chi connectivity index (χ0v) is 22.5. The van der Waals surface area contributed by atoms with Crippen molar-refractivity contribution in [3.63, 3.8) is 0 Å². The molecule has 0 N–H and O–H groups in total. The summed E-state index contributed by atoms with van der Waals surface area (Å²) < 4.78 is 8.06. The molecule has 34 heavy (non-hydrogen) atoms. The Hall–Kier alpha value is -2.84. The average Bonchev–Trinajstić information content (AvgIpc) is 3.22. The Labute approximate surface area is 211 Å². The summed E-state index contributed by atoms with van der Waals surface area (Å²) in [5.41, 5.74) is 5.74. The van der Waals surface area contributed by atoms with Crippen LogP contribution in [0.15, 0.2) is 45.2 Å². The summed E-state index contributed by atoms with van der Waals surface area (Å²) in [7, 11) is 0. The maximum absolute atomic E-state index is 13.4. The van der Waals surface area contributed by atoms with Gasteiger partial charge < -0.3 is 4.74 Å². The maximum atomic E-state index is 13.4. The lowest BCUT2D eigenvalue weighted by Crippen LogP contribution is -2.23. The largest absolute Gasteiger partial charge is 0.487 e. The summed E-state index contributed by atoms with van der Waals surface area (Å²) in [5.74, 6) is 1.50. The van der Waals surface area contributed by atoms with E-state index in [1.54, 1.807) is 22.1 Å². The first-order valence-corrected chi connectivity index (χ1v) is 12.7. The van der Waals surface area contributed by atoms with Crippen molar-refractivity contribution in [2.75, 3.05) is 0 Å². The monoisotopic (exact) mass is 538 g/mol. The second-order valence-corrected chi connectivity index (χ2v) is 10.6. The van der Waals surface area contributed by atoms with Crippen molar-refractivity contribution in [2.45, 2.75) is 54.1 Å². The molecule has 0 unspecified atom stereocenters. The molecule has 0 aliphatic rings. The van der Waals surface area contributed by atoms with Crippen molar-refractivity contribution in [3.8, 4) is 22.8 Å². The van der Waals surface area contributed by atoms with Crippen LogP contribution in [-0.4, -0.2) is 19.5 Å². The van der Waals surface area contributed by atoms with Gasteiger partial charge in [-0.3, -0.25) is 14.3 Å². The Morgan fingerprint density at radius 1 is 1.06 bits per heavy atom. The SMILES string of the molecule is Cc1cc(COc2cc(C)n(-c3cc(-c4nc(C(C)C)ncc4C)ncc3C)c(=O)c2Br)cs1. The highest BCUT2D eigenvalue weighted by Crippen LogP contribution is 2.28. The van der Waals surface area contributed by atoms with Crippen molar-refractivity contribution in [1.82, 2.24) is 19.5 Å². The number of nitrogens with zero attached hydrogens (tertiary/aromatic N) is 4. The molecule has 4 aromatic heterocycles. The predicted octanol–water partition coefficient (Wildman–Crippen LogP) is 6.45. The highest BCUT2D eigenvalue weighted by Gasteiger charge is 2.18. The minimum atomic E-state index is -0.181. The number of ether oxygens (including phenoxy) is 1. The van der Waals surface area contributed by atoms with Gasteiger partial charge in [0.15, 0.2) is 0 Å². The number of halogens is 1. The average molecular weight is 539 g/mol. The highest BCUT2D eigenvalue weighted by molar-refractivity contribution is 9.10. The molecule has 4 heterocycles.